The number of fused-ring (bicyclic) bond motifs is 1. The van der Waals surface area contributed by atoms with E-state index in [4.69, 9.17) is 9.47 Å². The average molecular weight is 470 g/mol. The van der Waals surface area contributed by atoms with Gasteiger partial charge in [-0.3, -0.25) is 0 Å². The number of aliphatic hydroxyl groups is 2. The summed E-state index contributed by atoms with van der Waals surface area (Å²) in [6.07, 6.45) is 0.167. The van der Waals surface area contributed by atoms with Crippen LogP contribution in [0.25, 0.3) is 0 Å². The molecule has 8 nitrogen and oxygen atoms in total. The number of nitrogens with one attached hydrogen (secondary N) is 2. The Morgan fingerprint density at radius 1 is 1.21 bits per heavy atom. The number of aliphatic hydroxyl groups excluding tert-OH is 2. The molecule has 184 valence electrons. The second-order valence-electron chi connectivity index (χ2n) is 10.1. The van der Waals surface area contributed by atoms with Gasteiger partial charge in [-0.1, -0.05) is 26.0 Å². The van der Waals surface area contributed by atoms with Crippen LogP contribution in [0.4, 0.5) is 16.2 Å². The molecule has 2 aliphatic heterocycles. The third-order valence-corrected chi connectivity index (χ3v) is 6.73. The van der Waals surface area contributed by atoms with E-state index in [9.17, 15) is 15.0 Å². The molecular formula is C26H35N3O5. The van der Waals surface area contributed by atoms with Crippen molar-refractivity contribution in [1.82, 2.24) is 5.32 Å². The summed E-state index contributed by atoms with van der Waals surface area (Å²) in [5.41, 5.74) is 3.26. The molecule has 2 heterocycles. The summed E-state index contributed by atoms with van der Waals surface area (Å²) < 4.78 is 10.9. The minimum Gasteiger partial charge on any atom is -0.410 e. The Labute approximate surface area is 200 Å². The molecule has 0 spiro atoms. The maximum atomic E-state index is 12.3. The number of morpholine rings is 1. The van der Waals surface area contributed by atoms with Crippen molar-refractivity contribution in [2.24, 2.45) is 0 Å². The summed E-state index contributed by atoms with van der Waals surface area (Å²) in [6.45, 7) is 8.48. The van der Waals surface area contributed by atoms with E-state index >= 15 is 0 Å². The Morgan fingerprint density at radius 3 is 2.65 bits per heavy atom. The summed E-state index contributed by atoms with van der Waals surface area (Å²) in [5.74, 6) is 0.414. The number of rotatable bonds is 6. The molecule has 0 radical (unpaired) electrons. The van der Waals surface area contributed by atoms with Crippen LogP contribution in [-0.2, 0) is 10.2 Å². The van der Waals surface area contributed by atoms with Crippen LogP contribution in [-0.4, -0.2) is 61.4 Å². The molecule has 2 aliphatic rings. The summed E-state index contributed by atoms with van der Waals surface area (Å²) in [4.78, 5) is 14.7. The Morgan fingerprint density at radius 2 is 1.94 bits per heavy atom. The fourth-order valence-corrected chi connectivity index (χ4v) is 4.60. The molecule has 4 N–H and O–H groups in total. The van der Waals surface area contributed by atoms with Gasteiger partial charge >= 0.3 is 6.09 Å². The SMILES string of the molecule is CC(CO)(CO)NC(=O)Oc1ccc2c(c1)C(C)(C)CC(c1cccc(N3CCOCC3)c1)N2. The highest BCUT2D eigenvalue weighted by Crippen LogP contribution is 2.45. The monoisotopic (exact) mass is 469 g/mol. The molecule has 2 aromatic carbocycles. The highest BCUT2D eigenvalue weighted by atomic mass is 16.6. The normalized spacial score (nSPS) is 19.7. The first kappa shape index (κ1) is 24.3. The van der Waals surface area contributed by atoms with E-state index in [-0.39, 0.29) is 11.5 Å². The first-order valence-corrected chi connectivity index (χ1v) is 11.8. The molecule has 1 unspecified atom stereocenters. The highest BCUT2D eigenvalue weighted by Gasteiger charge is 2.34. The van der Waals surface area contributed by atoms with Crippen molar-refractivity contribution in [3.8, 4) is 5.75 Å². The number of hydrogen-bond acceptors (Lipinski definition) is 7. The van der Waals surface area contributed by atoms with E-state index in [1.54, 1.807) is 13.0 Å². The van der Waals surface area contributed by atoms with Crippen LogP contribution in [0.3, 0.4) is 0 Å². The first-order valence-electron chi connectivity index (χ1n) is 11.8. The maximum Gasteiger partial charge on any atom is 0.413 e. The highest BCUT2D eigenvalue weighted by molar-refractivity contribution is 5.72. The van der Waals surface area contributed by atoms with Gasteiger partial charge in [-0.05, 0) is 60.2 Å². The van der Waals surface area contributed by atoms with Crippen LogP contribution in [0.1, 0.15) is 44.4 Å². The van der Waals surface area contributed by atoms with Gasteiger partial charge in [0.1, 0.15) is 5.75 Å². The van der Waals surface area contributed by atoms with Crippen molar-refractivity contribution in [3.05, 3.63) is 53.6 Å². The summed E-state index contributed by atoms with van der Waals surface area (Å²) in [7, 11) is 0. The summed E-state index contributed by atoms with van der Waals surface area (Å²) in [6, 6.07) is 14.5. The molecule has 0 aliphatic carbocycles. The van der Waals surface area contributed by atoms with Gasteiger partial charge in [0, 0.05) is 24.5 Å². The van der Waals surface area contributed by atoms with Gasteiger partial charge in [-0.2, -0.15) is 0 Å². The molecule has 1 atom stereocenters. The minimum atomic E-state index is -1.14. The quantitative estimate of drug-likeness (QED) is 0.515. The fraction of sp³-hybridized carbons (Fsp3) is 0.500. The van der Waals surface area contributed by atoms with Crippen LogP contribution in [0, 0.1) is 0 Å². The second kappa shape index (κ2) is 9.82. The topological polar surface area (TPSA) is 103 Å². The molecule has 1 amide bonds. The standard InChI is InChI=1S/C26H35N3O5/c1-25(2)15-23(18-5-4-6-19(13-18)29-9-11-33-12-10-29)27-22-8-7-20(14-21(22)25)34-24(32)28-26(3,16-30)17-31/h4-8,13-14,23,27,30-31H,9-12,15-17H2,1-3H3,(H,28,32). The smallest absolute Gasteiger partial charge is 0.410 e. The van der Waals surface area contributed by atoms with Gasteiger partial charge in [-0.25, -0.2) is 4.79 Å². The molecule has 8 heteroatoms. The lowest BCUT2D eigenvalue weighted by atomic mass is 9.74. The lowest BCUT2D eigenvalue weighted by molar-refractivity contribution is 0.0998. The van der Waals surface area contributed by atoms with Crippen LogP contribution < -0.4 is 20.3 Å². The Balaban J connectivity index is 1.51. The maximum absolute atomic E-state index is 12.3. The molecule has 1 fully saturated rings. The number of carbonyl (C=O) groups is 1. The molecule has 4 rings (SSSR count). The van der Waals surface area contributed by atoms with Crippen LogP contribution >= 0.6 is 0 Å². The van der Waals surface area contributed by atoms with Gasteiger partial charge < -0.3 is 35.2 Å². The Hall–Kier alpha value is -2.81. The van der Waals surface area contributed by atoms with E-state index in [1.807, 2.05) is 12.1 Å². The molecule has 0 bridgehead atoms. The minimum absolute atomic E-state index is 0.152. The molecule has 1 saturated heterocycles. The first-order chi connectivity index (χ1) is 16.2. The zero-order chi connectivity index (χ0) is 24.3. The molecule has 2 aromatic rings. The van der Waals surface area contributed by atoms with Crippen LogP contribution in [0.2, 0.25) is 0 Å². The third-order valence-electron chi connectivity index (χ3n) is 6.73. The van der Waals surface area contributed by atoms with Crippen molar-refractivity contribution in [2.75, 3.05) is 49.7 Å². The predicted octanol–water partition coefficient (Wildman–Crippen LogP) is 3.19. The zero-order valence-electron chi connectivity index (χ0n) is 20.1. The number of amides is 1. The van der Waals surface area contributed by atoms with Gasteiger partial charge in [0.15, 0.2) is 0 Å². The van der Waals surface area contributed by atoms with E-state index < -0.39 is 24.8 Å². The lowest BCUT2D eigenvalue weighted by Gasteiger charge is -2.39. The molecule has 34 heavy (non-hydrogen) atoms. The van der Waals surface area contributed by atoms with E-state index in [0.717, 1.165) is 44.0 Å². The summed E-state index contributed by atoms with van der Waals surface area (Å²) in [5, 5.41) is 25.0. The third kappa shape index (κ3) is 5.29. The largest absolute Gasteiger partial charge is 0.413 e. The van der Waals surface area contributed by atoms with Gasteiger partial charge in [0.2, 0.25) is 0 Å². The number of anilines is 2. The van der Waals surface area contributed by atoms with Crippen molar-refractivity contribution in [1.29, 1.82) is 0 Å². The Kier molecular flexibility index (Phi) is 7.02. The number of ether oxygens (including phenoxy) is 2. The van der Waals surface area contributed by atoms with E-state index in [2.05, 4.69) is 53.6 Å². The van der Waals surface area contributed by atoms with Gasteiger partial charge in [0.25, 0.3) is 0 Å². The fourth-order valence-electron chi connectivity index (χ4n) is 4.60. The molecular weight excluding hydrogens is 434 g/mol. The van der Waals surface area contributed by atoms with Crippen molar-refractivity contribution in [2.45, 2.75) is 44.2 Å². The molecule has 0 aromatic heterocycles. The van der Waals surface area contributed by atoms with Crippen molar-refractivity contribution >= 4 is 17.5 Å². The van der Waals surface area contributed by atoms with Gasteiger partial charge in [0.05, 0.1) is 38.0 Å². The average Bonchev–Trinajstić information content (AvgIpc) is 2.84. The predicted molar refractivity (Wildman–Crippen MR) is 132 cm³/mol. The van der Waals surface area contributed by atoms with Crippen LogP contribution in [0.15, 0.2) is 42.5 Å². The number of carbonyl (C=O) groups excluding carboxylic acids is 1. The van der Waals surface area contributed by atoms with Gasteiger partial charge in [-0.15, -0.1) is 0 Å². The van der Waals surface area contributed by atoms with Crippen molar-refractivity contribution < 1.29 is 24.5 Å². The summed E-state index contributed by atoms with van der Waals surface area (Å²) >= 11 is 0. The lowest BCUT2D eigenvalue weighted by Crippen LogP contribution is -2.52. The number of benzene rings is 2. The Bertz CT molecular complexity index is 1020. The van der Waals surface area contributed by atoms with E-state index in [1.165, 1.54) is 11.3 Å². The second-order valence-corrected chi connectivity index (χ2v) is 10.1. The number of hydrogen-bond donors (Lipinski definition) is 4. The molecule has 0 saturated carbocycles. The van der Waals surface area contributed by atoms with E-state index in [0.29, 0.717) is 5.75 Å². The zero-order valence-corrected chi connectivity index (χ0v) is 20.1. The number of nitrogens with zero attached hydrogens (tertiary/aromatic N) is 1. The van der Waals surface area contributed by atoms with Crippen LogP contribution in [0.5, 0.6) is 5.75 Å². The van der Waals surface area contributed by atoms with Crippen molar-refractivity contribution in [3.63, 3.8) is 0 Å².